The van der Waals surface area contributed by atoms with Crippen LogP contribution in [0.5, 0.6) is 0 Å². The summed E-state index contributed by atoms with van der Waals surface area (Å²) in [6.07, 6.45) is 2.50. The Morgan fingerprint density at radius 1 is 1.37 bits per heavy atom. The number of hydrogen-bond donors (Lipinski definition) is 2. The van der Waals surface area contributed by atoms with Crippen LogP contribution in [0.15, 0.2) is 18.2 Å². The number of rotatable bonds is 3. The number of halogens is 1. The van der Waals surface area contributed by atoms with Crippen molar-refractivity contribution in [2.75, 3.05) is 25.0 Å². The van der Waals surface area contributed by atoms with E-state index in [1.165, 1.54) is 25.9 Å². The van der Waals surface area contributed by atoms with Gasteiger partial charge in [-0.15, -0.1) is 0 Å². The summed E-state index contributed by atoms with van der Waals surface area (Å²) in [4.78, 5) is 13.4. The van der Waals surface area contributed by atoms with Crippen LogP contribution in [0.2, 0.25) is 5.02 Å². The molecule has 0 spiro atoms. The van der Waals surface area contributed by atoms with Crippen LogP contribution in [0.1, 0.15) is 23.2 Å². The molecule has 0 aromatic heterocycles. The zero-order valence-electron chi connectivity index (χ0n) is 10.6. The van der Waals surface area contributed by atoms with Crippen molar-refractivity contribution in [1.29, 1.82) is 0 Å². The van der Waals surface area contributed by atoms with Gasteiger partial charge in [0.25, 0.3) is 0 Å². The molecule has 3 heterocycles. The molecule has 1 aromatic carbocycles. The fraction of sp³-hybridized carbons (Fsp3) is 0.500. The SMILES string of the molecule is O=C(O)c1ccc(NC2CN3CCC2CC3)cc1Cl. The van der Waals surface area contributed by atoms with Crippen LogP contribution in [0, 0.1) is 5.92 Å². The van der Waals surface area contributed by atoms with Crippen LogP contribution in [0.25, 0.3) is 0 Å². The van der Waals surface area contributed by atoms with Crippen molar-refractivity contribution in [2.45, 2.75) is 18.9 Å². The van der Waals surface area contributed by atoms with E-state index in [-0.39, 0.29) is 5.56 Å². The Balaban J connectivity index is 1.73. The summed E-state index contributed by atoms with van der Waals surface area (Å²) in [5, 5.41) is 12.7. The first kappa shape index (κ1) is 12.8. The van der Waals surface area contributed by atoms with E-state index >= 15 is 0 Å². The molecule has 2 bridgehead atoms. The molecular weight excluding hydrogens is 264 g/mol. The summed E-state index contributed by atoms with van der Waals surface area (Å²) < 4.78 is 0. The van der Waals surface area contributed by atoms with Crippen molar-refractivity contribution >= 4 is 23.3 Å². The first-order valence-electron chi connectivity index (χ1n) is 6.65. The average molecular weight is 281 g/mol. The Kier molecular flexibility index (Phi) is 3.37. The minimum absolute atomic E-state index is 0.154. The minimum Gasteiger partial charge on any atom is -0.478 e. The first-order chi connectivity index (χ1) is 9.13. The number of hydrogen-bond acceptors (Lipinski definition) is 3. The predicted molar refractivity (Wildman–Crippen MR) is 75.0 cm³/mol. The van der Waals surface area contributed by atoms with Crippen LogP contribution in [-0.2, 0) is 0 Å². The zero-order valence-corrected chi connectivity index (χ0v) is 11.4. The van der Waals surface area contributed by atoms with E-state index in [1.54, 1.807) is 18.2 Å². The molecule has 3 fully saturated rings. The second kappa shape index (κ2) is 5.02. The van der Waals surface area contributed by atoms with Gasteiger partial charge < -0.3 is 15.3 Å². The van der Waals surface area contributed by atoms with E-state index in [9.17, 15) is 4.79 Å². The van der Waals surface area contributed by atoms with E-state index in [0.29, 0.717) is 11.1 Å². The maximum Gasteiger partial charge on any atom is 0.337 e. The molecule has 5 heteroatoms. The topological polar surface area (TPSA) is 52.6 Å². The molecule has 2 N–H and O–H groups in total. The molecule has 0 aliphatic carbocycles. The molecular formula is C14H17ClN2O2. The molecule has 3 aliphatic rings. The number of carbonyl (C=O) groups is 1. The van der Waals surface area contributed by atoms with Gasteiger partial charge in [0.2, 0.25) is 0 Å². The van der Waals surface area contributed by atoms with Crippen molar-refractivity contribution in [3.8, 4) is 0 Å². The van der Waals surface area contributed by atoms with Gasteiger partial charge in [-0.1, -0.05) is 11.6 Å². The lowest BCUT2D eigenvalue weighted by atomic mass is 9.84. The van der Waals surface area contributed by atoms with E-state index < -0.39 is 5.97 Å². The largest absolute Gasteiger partial charge is 0.478 e. The molecule has 19 heavy (non-hydrogen) atoms. The highest BCUT2D eigenvalue weighted by Crippen LogP contribution is 2.30. The van der Waals surface area contributed by atoms with Crippen molar-refractivity contribution < 1.29 is 9.90 Å². The molecule has 1 unspecified atom stereocenters. The van der Waals surface area contributed by atoms with Gasteiger partial charge >= 0.3 is 5.97 Å². The van der Waals surface area contributed by atoms with Gasteiger partial charge in [-0.05, 0) is 50.0 Å². The number of carboxylic acids is 1. The molecule has 3 saturated heterocycles. The number of piperidine rings is 3. The number of anilines is 1. The molecule has 1 atom stereocenters. The summed E-state index contributed by atoms with van der Waals surface area (Å²) in [5.74, 6) is -0.262. The quantitative estimate of drug-likeness (QED) is 0.893. The summed E-state index contributed by atoms with van der Waals surface area (Å²) in [6.45, 7) is 3.49. The maximum atomic E-state index is 10.9. The molecule has 0 radical (unpaired) electrons. The van der Waals surface area contributed by atoms with E-state index in [0.717, 1.165) is 18.2 Å². The molecule has 0 saturated carbocycles. The number of fused-ring (bicyclic) bond motifs is 3. The van der Waals surface area contributed by atoms with Gasteiger partial charge in [0, 0.05) is 18.3 Å². The van der Waals surface area contributed by atoms with Crippen molar-refractivity contribution in [3.05, 3.63) is 28.8 Å². The van der Waals surface area contributed by atoms with Gasteiger partial charge in [-0.3, -0.25) is 0 Å². The number of nitrogens with one attached hydrogen (secondary N) is 1. The molecule has 4 nitrogen and oxygen atoms in total. The highest BCUT2D eigenvalue weighted by Gasteiger charge is 2.33. The van der Waals surface area contributed by atoms with Crippen molar-refractivity contribution in [1.82, 2.24) is 4.90 Å². The van der Waals surface area contributed by atoms with E-state index in [2.05, 4.69) is 10.2 Å². The van der Waals surface area contributed by atoms with Crippen LogP contribution in [-0.4, -0.2) is 41.7 Å². The van der Waals surface area contributed by atoms with Crippen molar-refractivity contribution in [2.24, 2.45) is 5.92 Å². The molecule has 0 amide bonds. The fourth-order valence-electron chi connectivity index (χ4n) is 3.12. The number of nitrogens with zero attached hydrogens (tertiary/aromatic N) is 1. The lowest BCUT2D eigenvalue weighted by Crippen LogP contribution is -2.53. The summed E-state index contributed by atoms with van der Waals surface area (Å²) in [7, 11) is 0. The van der Waals surface area contributed by atoms with Crippen LogP contribution < -0.4 is 5.32 Å². The maximum absolute atomic E-state index is 10.9. The normalized spacial score (nSPS) is 29.2. The van der Waals surface area contributed by atoms with Crippen LogP contribution in [0.4, 0.5) is 5.69 Å². The zero-order chi connectivity index (χ0) is 13.4. The second-order valence-electron chi connectivity index (χ2n) is 5.39. The number of benzene rings is 1. The third-order valence-corrected chi connectivity index (χ3v) is 4.52. The molecule has 1 aromatic rings. The summed E-state index contributed by atoms with van der Waals surface area (Å²) >= 11 is 5.99. The summed E-state index contributed by atoms with van der Waals surface area (Å²) in [6, 6.07) is 5.53. The third kappa shape index (κ3) is 2.55. The van der Waals surface area contributed by atoms with Gasteiger partial charge in [-0.2, -0.15) is 0 Å². The highest BCUT2D eigenvalue weighted by molar-refractivity contribution is 6.33. The lowest BCUT2D eigenvalue weighted by molar-refractivity contribution is 0.0697. The Morgan fingerprint density at radius 2 is 2.11 bits per heavy atom. The van der Waals surface area contributed by atoms with Gasteiger partial charge in [-0.25, -0.2) is 4.79 Å². The van der Waals surface area contributed by atoms with Gasteiger partial charge in [0.15, 0.2) is 0 Å². The highest BCUT2D eigenvalue weighted by atomic mass is 35.5. The molecule has 3 aliphatic heterocycles. The van der Waals surface area contributed by atoms with Gasteiger partial charge in [0.1, 0.15) is 0 Å². The van der Waals surface area contributed by atoms with Crippen LogP contribution in [0.3, 0.4) is 0 Å². The van der Waals surface area contributed by atoms with E-state index in [1.807, 2.05) is 0 Å². The predicted octanol–water partition coefficient (Wildman–Crippen LogP) is 2.54. The van der Waals surface area contributed by atoms with E-state index in [4.69, 9.17) is 16.7 Å². The standard InChI is InChI=1S/C14H17ClN2O2/c15-12-7-10(1-2-11(12)14(18)19)16-13-8-17-5-3-9(13)4-6-17/h1-2,7,9,13,16H,3-6,8H2,(H,18,19). The fourth-order valence-corrected chi connectivity index (χ4v) is 3.38. The lowest BCUT2D eigenvalue weighted by Gasteiger charge is -2.45. The molecule has 4 rings (SSSR count). The van der Waals surface area contributed by atoms with Crippen LogP contribution >= 0.6 is 11.6 Å². The smallest absolute Gasteiger partial charge is 0.337 e. The second-order valence-corrected chi connectivity index (χ2v) is 5.80. The average Bonchev–Trinajstić information content (AvgIpc) is 2.39. The first-order valence-corrected chi connectivity index (χ1v) is 7.03. The number of aromatic carboxylic acids is 1. The third-order valence-electron chi connectivity index (χ3n) is 4.21. The minimum atomic E-state index is -0.987. The van der Waals surface area contributed by atoms with Crippen molar-refractivity contribution in [3.63, 3.8) is 0 Å². The Hall–Kier alpha value is -1.26. The Bertz CT molecular complexity index is 498. The Morgan fingerprint density at radius 3 is 2.63 bits per heavy atom. The Labute approximate surface area is 117 Å². The number of carboxylic acid groups (broad SMARTS) is 1. The summed E-state index contributed by atoms with van der Waals surface area (Å²) in [5.41, 5.74) is 1.06. The van der Waals surface area contributed by atoms with Gasteiger partial charge in [0.05, 0.1) is 10.6 Å². The monoisotopic (exact) mass is 280 g/mol. The molecule has 102 valence electrons.